The lowest BCUT2D eigenvalue weighted by Gasteiger charge is -2.11. The molecule has 19 heavy (non-hydrogen) atoms. The summed E-state index contributed by atoms with van der Waals surface area (Å²) in [4.78, 5) is 5.13. The minimum Gasteiger partial charge on any atom is -0.387 e. The molecule has 0 aliphatic rings. The molecule has 0 spiro atoms. The lowest BCUT2D eigenvalue weighted by molar-refractivity contribution is 0.178. The van der Waals surface area contributed by atoms with Crippen molar-refractivity contribution in [1.29, 1.82) is 0 Å². The average molecular weight is 344 g/mol. The van der Waals surface area contributed by atoms with E-state index >= 15 is 0 Å². The molecule has 2 aromatic rings. The molecule has 2 aromatic heterocycles. The van der Waals surface area contributed by atoms with Crippen molar-refractivity contribution in [3.63, 3.8) is 0 Å². The Morgan fingerprint density at radius 1 is 1.47 bits per heavy atom. The second-order valence-corrected chi connectivity index (χ2v) is 6.08. The number of rotatable bonds is 5. The van der Waals surface area contributed by atoms with Gasteiger partial charge in [0.2, 0.25) is 0 Å². The number of halogens is 1. The number of aryl methyl sites for hydroxylation is 3. The Balaban J connectivity index is 2.28. The fourth-order valence-electron chi connectivity index (χ4n) is 2.12. The zero-order valence-corrected chi connectivity index (χ0v) is 13.8. The second-order valence-electron chi connectivity index (χ2n) is 4.40. The highest BCUT2D eigenvalue weighted by atomic mass is 79.9. The summed E-state index contributed by atoms with van der Waals surface area (Å²) in [6.45, 7) is 6.88. The molecule has 0 bridgehead atoms. The molecule has 104 valence electrons. The SMILES string of the molecule is CCc1nn(CC)c(CC(O)c2scnc2C)c1Br. The molecule has 2 rings (SSSR count). The third kappa shape index (κ3) is 2.90. The summed E-state index contributed by atoms with van der Waals surface area (Å²) in [6.07, 6.45) is 0.927. The van der Waals surface area contributed by atoms with Crippen LogP contribution in [0.1, 0.15) is 41.9 Å². The molecule has 0 radical (unpaired) electrons. The molecular weight excluding hydrogens is 326 g/mol. The van der Waals surface area contributed by atoms with Gasteiger partial charge >= 0.3 is 0 Å². The van der Waals surface area contributed by atoms with Crippen LogP contribution in [0.15, 0.2) is 9.98 Å². The Kier molecular flexibility index (Phi) is 4.76. The predicted molar refractivity (Wildman–Crippen MR) is 80.5 cm³/mol. The molecule has 0 aliphatic heterocycles. The Labute approximate surface area is 125 Å². The lowest BCUT2D eigenvalue weighted by atomic mass is 10.1. The first-order valence-corrected chi connectivity index (χ1v) is 8.07. The van der Waals surface area contributed by atoms with Crippen LogP contribution in [0.3, 0.4) is 0 Å². The van der Waals surface area contributed by atoms with Crippen LogP contribution in [0.5, 0.6) is 0 Å². The number of aromatic nitrogens is 3. The highest BCUT2D eigenvalue weighted by Gasteiger charge is 2.20. The van der Waals surface area contributed by atoms with Crippen molar-refractivity contribution >= 4 is 27.3 Å². The third-order valence-electron chi connectivity index (χ3n) is 3.17. The molecule has 1 atom stereocenters. The zero-order valence-electron chi connectivity index (χ0n) is 11.4. The van der Waals surface area contributed by atoms with Crippen LogP contribution in [-0.4, -0.2) is 19.9 Å². The fourth-order valence-corrected chi connectivity index (χ4v) is 3.63. The maximum atomic E-state index is 10.4. The predicted octanol–water partition coefficient (Wildman–Crippen LogP) is 3.27. The molecule has 1 N–H and O–H groups in total. The van der Waals surface area contributed by atoms with Gasteiger partial charge in [0, 0.05) is 13.0 Å². The van der Waals surface area contributed by atoms with Gasteiger partial charge in [0.1, 0.15) is 0 Å². The molecule has 0 fully saturated rings. The van der Waals surface area contributed by atoms with Crippen molar-refractivity contribution in [2.75, 3.05) is 0 Å². The van der Waals surface area contributed by atoms with E-state index in [9.17, 15) is 5.11 Å². The van der Waals surface area contributed by atoms with Crippen LogP contribution < -0.4 is 0 Å². The summed E-state index contributed by atoms with van der Waals surface area (Å²) in [7, 11) is 0. The van der Waals surface area contributed by atoms with E-state index in [-0.39, 0.29) is 0 Å². The Morgan fingerprint density at radius 2 is 2.21 bits per heavy atom. The van der Waals surface area contributed by atoms with Gasteiger partial charge < -0.3 is 5.11 Å². The van der Waals surface area contributed by atoms with Gasteiger partial charge in [0.25, 0.3) is 0 Å². The Hall–Kier alpha value is -0.720. The number of hydrogen-bond donors (Lipinski definition) is 1. The number of nitrogens with zero attached hydrogens (tertiary/aromatic N) is 3. The maximum absolute atomic E-state index is 10.4. The van der Waals surface area contributed by atoms with Gasteiger partial charge in [-0.2, -0.15) is 5.10 Å². The number of thiazole rings is 1. The minimum absolute atomic E-state index is 0.518. The monoisotopic (exact) mass is 343 g/mol. The number of aliphatic hydroxyl groups excluding tert-OH is 1. The zero-order chi connectivity index (χ0) is 14.0. The average Bonchev–Trinajstić information content (AvgIpc) is 2.95. The minimum atomic E-state index is -0.518. The standard InChI is InChI=1S/C13H18BrN3OS/c1-4-9-12(14)10(17(5-2)16-9)6-11(18)13-8(3)15-7-19-13/h7,11,18H,4-6H2,1-3H3. The van der Waals surface area contributed by atoms with Crippen molar-refractivity contribution in [3.8, 4) is 0 Å². The highest BCUT2D eigenvalue weighted by molar-refractivity contribution is 9.10. The first-order chi connectivity index (χ1) is 9.08. The van der Waals surface area contributed by atoms with Gasteiger partial charge in [-0.05, 0) is 36.2 Å². The summed E-state index contributed by atoms with van der Waals surface area (Å²) in [5.41, 5.74) is 4.79. The summed E-state index contributed by atoms with van der Waals surface area (Å²) >= 11 is 5.11. The quantitative estimate of drug-likeness (QED) is 0.906. The molecule has 0 aromatic carbocycles. The largest absolute Gasteiger partial charge is 0.387 e. The van der Waals surface area contributed by atoms with Crippen molar-refractivity contribution < 1.29 is 5.11 Å². The van der Waals surface area contributed by atoms with E-state index in [4.69, 9.17) is 0 Å². The third-order valence-corrected chi connectivity index (χ3v) is 5.11. The molecular formula is C13H18BrN3OS. The number of aliphatic hydroxyl groups is 1. The van der Waals surface area contributed by atoms with E-state index in [1.165, 1.54) is 11.3 Å². The molecule has 0 aliphatic carbocycles. The first-order valence-electron chi connectivity index (χ1n) is 6.40. The fraction of sp³-hybridized carbons (Fsp3) is 0.538. The van der Waals surface area contributed by atoms with Crippen LogP contribution in [0, 0.1) is 6.92 Å². The van der Waals surface area contributed by atoms with E-state index in [0.29, 0.717) is 6.42 Å². The molecule has 0 saturated carbocycles. The van der Waals surface area contributed by atoms with Crippen molar-refractivity contribution in [3.05, 3.63) is 31.9 Å². The molecule has 6 heteroatoms. The Bertz CT molecular complexity index is 564. The molecule has 1 unspecified atom stereocenters. The van der Waals surface area contributed by atoms with Crippen LogP contribution in [-0.2, 0) is 19.4 Å². The van der Waals surface area contributed by atoms with Crippen LogP contribution in [0.4, 0.5) is 0 Å². The van der Waals surface area contributed by atoms with Gasteiger partial charge in [0.15, 0.2) is 0 Å². The molecule has 4 nitrogen and oxygen atoms in total. The summed E-state index contributed by atoms with van der Waals surface area (Å²) in [5, 5.41) is 14.9. The van der Waals surface area contributed by atoms with Crippen LogP contribution in [0.2, 0.25) is 0 Å². The van der Waals surface area contributed by atoms with Gasteiger partial charge in [-0.15, -0.1) is 11.3 Å². The van der Waals surface area contributed by atoms with Crippen LogP contribution in [0.25, 0.3) is 0 Å². The maximum Gasteiger partial charge on any atom is 0.0956 e. The number of hydrogen-bond acceptors (Lipinski definition) is 4. The first kappa shape index (κ1) is 14.7. The highest BCUT2D eigenvalue weighted by Crippen LogP contribution is 2.29. The van der Waals surface area contributed by atoms with Gasteiger partial charge in [0.05, 0.1) is 38.0 Å². The van der Waals surface area contributed by atoms with Gasteiger partial charge in [-0.1, -0.05) is 6.92 Å². The van der Waals surface area contributed by atoms with Crippen molar-refractivity contribution in [1.82, 2.24) is 14.8 Å². The van der Waals surface area contributed by atoms with E-state index in [1.807, 2.05) is 11.6 Å². The Morgan fingerprint density at radius 3 is 2.74 bits per heavy atom. The summed E-state index contributed by atoms with van der Waals surface area (Å²) < 4.78 is 2.99. The van der Waals surface area contributed by atoms with E-state index in [1.54, 1.807) is 5.51 Å². The van der Waals surface area contributed by atoms with Crippen LogP contribution >= 0.6 is 27.3 Å². The van der Waals surface area contributed by atoms with Crippen molar-refractivity contribution in [2.24, 2.45) is 0 Å². The topological polar surface area (TPSA) is 50.9 Å². The van der Waals surface area contributed by atoms with Gasteiger partial charge in [-0.25, -0.2) is 4.98 Å². The summed E-state index contributed by atoms with van der Waals surface area (Å²) in [6, 6.07) is 0. The second kappa shape index (κ2) is 6.15. The van der Waals surface area contributed by atoms with Gasteiger partial charge in [-0.3, -0.25) is 4.68 Å². The molecule has 0 saturated heterocycles. The van der Waals surface area contributed by atoms with Crippen molar-refractivity contribution in [2.45, 2.75) is 46.3 Å². The lowest BCUT2D eigenvalue weighted by Crippen LogP contribution is -2.08. The van der Waals surface area contributed by atoms with E-state index in [2.05, 4.69) is 39.9 Å². The normalized spacial score (nSPS) is 12.9. The smallest absolute Gasteiger partial charge is 0.0956 e. The summed E-state index contributed by atoms with van der Waals surface area (Å²) in [5.74, 6) is 0. The van der Waals surface area contributed by atoms with E-state index in [0.717, 1.165) is 39.4 Å². The molecule has 0 amide bonds. The molecule has 2 heterocycles. The van der Waals surface area contributed by atoms with E-state index < -0.39 is 6.10 Å².